The van der Waals surface area contributed by atoms with E-state index in [4.69, 9.17) is 18.6 Å². The average Bonchev–Trinajstić information content (AvgIpc) is 2.85. The Morgan fingerprint density at radius 1 is 1.06 bits per heavy atom. The number of carbonyl (C=O) groups excluding carboxylic acids is 1. The predicted molar refractivity (Wildman–Crippen MR) is 141 cm³/mol. The van der Waals surface area contributed by atoms with Gasteiger partial charge in [-0.25, -0.2) is 4.79 Å². The first kappa shape index (κ1) is 27.4. The van der Waals surface area contributed by atoms with Crippen molar-refractivity contribution in [3.8, 4) is 0 Å². The Bertz CT molecular complexity index is 850. The third-order valence-electron chi connectivity index (χ3n) is 7.11. The minimum absolute atomic E-state index is 0.0312. The maximum absolute atomic E-state index is 13.3. The number of carbonyl (C=O) groups is 1. The van der Waals surface area contributed by atoms with Gasteiger partial charge in [0.1, 0.15) is 25.7 Å². The Hall–Kier alpha value is -2.16. The van der Waals surface area contributed by atoms with E-state index in [1.165, 1.54) is 0 Å². The Balaban J connectivity index is 1.73. The van der Waals surface area contributed by atoms with Crippen LogP contribution in [0.5, 0.6) is 0 Å². The molecule has 1 aromatic carbocycles. The summed E-state index contributed by atoms with van der Waals surface area (Å²) in [6, 6.07) is 9.73. The van der Waals surface area contributed by atoms with Crippen LogP contribution < -0.4 is 0 Å². The summed E-state index contributed by atoms with van der Waals surface area (Å²) in [4.78, 5) is 19.3. The summed E-state index contributed by atoms with van der Waals surface area (Å²) in [7, 11) is -2.08. The molecule has 0 spiro atoms. The minimum Gasteiger partial charge on any atom is -0.494 e. The number of benzene rings is 1. The van der Waals surface area contributed by atoms with Crippen LogP contribution in [0.3, 0.4) is 0 Å². The SMILES string of the molecule is CC(C)[Si](OC1CCC(OCC2=NC=COC2)N(C(=O)OCc2ccccc2)C1)(C(C)C)C(C)C. The summed E-state index contributed by atoms with van der Waals surface area (Å²) in [5.41, 5.74) is 3.19. The lowest BCUT2D eigenvalue weighted by molar-refractivity contribution is -0.0854. The summed E-state index contributed by atoms with van der Waals surface area (Å²) in [6.45, 7) is 15.1. The summed E-state index contributed by atoms with van der Waals surface area (Å²) >= 11 is 0. The summed E-state index contributed by atoms with van der Waals surface area (Å²) in [5.74, 6) is 0. The van der Waals surface area contributed by atoms with Crippen molar-refractivity contribution in [2.75, 3.05) is 19.8 Å². The topological polar surface area (TPSA) is 69.6 Å². The zero-order valence-corrected chi connectivity index (χ0v) is 23.1. The van der Waals surface area contributed by atoms with Crippen molar-refractivity contribution in [3.05, 3.63) is 48.4 Å². The summed E-state index contributed by atoms with van der Waals surface area (Å²) < 4.78 is 24.2. The molecule has 0 bridgehead atoms. The van der Waals surface area contributed by atoms with Gasteiger partial charge in [-0.05, 0) is 35.0 Å². The third-order valence-corrected chi connectivity index (χ3v) is 13.3. The fourth-order valence-electron chi connectivity index (χ4n) is 5.51. The molecule has 0 aliphatic carbocycles. The van der Waals surface area contributed by atoms with Crippen LogP contribution in [0.4, 0.5) is 4.79 Å². The van der Waals surface area contributed by atoms with Crippen LogP contribution in [0.25, 0.3) is 0 Å². The van der Waals surface area contributed by atoms with E-state index in [0.717, 1.165) is 17.7 Å². The van der Waals surface area contributed by atoms with Crippen molar-refractivity contribution in [3.63, 3.8) is 0 Å². The van der Waals surface area contributed by atoms with Crippen LogP contribution >= 0.6 is 0 Å². The molecule has 1 saturated heterocycles. The van der Waals surface area contributed by atoms with E-state index in [0.29, 0.717) is 42.8 Å². The predicted octanol–water partition coefficient (Wildman–Crippen LogP) is 6.26. The van der Waals surface area contributed by atoms with E-state index < -0.39 is 8.32 Å². The molecular weight excluding hydrogens is 460 g/mol. The van der Waals surface area contributed by atoms with Crippen molar-refractivity contribution in [2.45, 2.75) is 89.9 Å². The number of hydrogen-bond acceptors (Lipinski definition) is 6. The molecule has 1 fully saturated rings. The molecule has 0 N–H and O–H groups in total. The molecule has 1 aromatic rings. The van der Waals surface area contributed by atoms with Crippen molar-refractivity contribution in [1.29, 1.82) is 0 Å². The highest BCUT2D eigenvalue weighted by molar-refractivity contribution is 6.77. The fraction of sp³-hybridized carbons (Fsp3) is 0.630. The molecule has 2 aliphatic heterocycles. The number of ether oxygens (including phenoxy) is 3. The monoisotopic (exact) mass is 502 g/mol. The maximum Gasteiger partial charge on any atom is 0.412 e. The number of piperidine rings is 1. The zero-order chi connectivity index (χ0) is 25.4. The highest BCUT2D eigenvalue weighted by Gasteiger charge is 2.48. The molecule has 2 unspecified atom stereocenters. The van der Waals surface area contributed by atoms with Crippen LogP contribution in [-0.4, -0.2) is 57.1 Å². The van der Waals surface area contributed by atoms with E-state index >= 15 is 0 Å². The molecule has 0 saturated carbocycles. The van der Waals surface area contributed by atoms with E-state index in [1.807, 2.05) is 30.3 Å². The van der Waals surface area contributed by atoms with Gasteiger partial charge in [-0.1, -0.05) is 71.9 Å². The molecule has 2 atom stereocenters. The molecule has 8 heteroatoms. The Labute approximate surface area is 211 Å². The highest BCUT2D eigenvalue weighted by atomic mass is 28.4. The first-order valence-corrected chi connectivity index (χ1v) is 15.0. The van der Waals surface area contributed by atoms with E-state index in [2.05, 4.69) is 46.5 Å². The van der Waals surface area contributed by atoms with Crippen molar-refractivity contribution in [2.24, 2.45) is 4.99 Å². The number of hydrogen-bond donors (Lipinski definition) is 0. The fourth-order valence-corrected chi connectivity index (χ4v) is 11.1. The number of nitrogens with zero attached hydrogens (tertiary/aromatic N) is 2. The van der Waals surface area contributed by atoms with E-state index in [1.54, 1.807) is 17.4 Å². The molecule has 2 aliphatic rings. The number of amides is 1. The van der Waals surface area contributed by atoms with Gasteiger partial charge in [0.05, 0.1) is 31.2 Å². The lowest BCUT2D eigenvalue weighted by atomic mass is 10.1. The van der Waals surface area contributed by atoms with Gasteiger partial charge in [0.25, 0.3) is 0 Å². The van der Waals surface area contributed by atoms with Gasteiger partial charge in [0, 0.05) is 0 Å². The molecule has 0 radical (unpaired) electrons. The smallest absolute Gasteiger partial charge is 0.412 e. The average molecular weight is 503 g/mol. The highest BCUT2D eigenvalue weighted by Crippen LogP contribution is 2.44. The summed E-state index contributed by atoms with van der Waals surface area (Å²) in [5, 5.41) is 0. The largest absolute Gasteiger partial charge is 0.494 e. The second-order valence-electron chi connectivity index (χ2n) is 10.4. The van der Waals surface area contributed by atoms with Gasteiger partial charge in [-0.3, -0.25) is 9.89 Å². The molecule has 0 aromatic heterocycles. The van der Waals surface area contributed by atoms with Crippen LogP contribution in [-0.2, 0) is 25.2 Å². The molecule has 194 valence electrons. The third kappa shape index (κ3) is 6.95. The molecule has 2 heterocycles. The second kappa shape index (κ2) is 12.7. The lowest BCUT2D eigenvalue weighted by Gasteiger charge is -2.47. The molecule has 1 amide bonds. The van der Waals surface area contributed by atoms with Crippen molar-refractivity contribution < 1.29 is 23.4 Å². The van der Waals surface area contributed by atoms with Gasteiger partial charge in [0.15, 0.2) is 0 Å². The molecular formula is C27H42N2O5Si. The van der Waals surface area contributed by atoms with Crippen molar-refractivity contribution in [1.82, 2.24) is 4.90 Å². The molecule has 7 nitrogen and oxygen atoms in total. The minimum atomic E-state index is -2.08. The van der Waals surface area contributed by atoms with Crippen LogP contribution in [0.2, 0.25) is 16.6 Å². The molecule has 35 heavy (non-hydrogen) atoms. The Morgan fingerprint density at radius 3 is 2.34 bits per heavy atom. The van der Waals surface area contributed by atoms with Gasteiger partial charge < -0.3 is 18.6 Å². The standard InChI is InChI=1S/C27H42N2O5Si/c1-20(2)35(21(3)4,22(5)6)34-25-12-13-26(32-19-24-18-31-15-14-28-24)29(16-25)27(30)33-17-23-10-8-7-9-11-23/h7-11,14-15,20-22,25-26H,12-13,16-19H2,1-6H3. The van der Waals surface area contributed by atoms with Gasteiger partial charge in [-0.2, -0.15) is 0 Å². The number of rotatable bonds is 10. The Kier molecular flexibility index (Phi) is 9.95. The maximum atomic E-state index is 13.3. The van der Waals surface area contributed by atoms with Crippen LogP contribution in [0.1, 0.15) is 59.9 Å². The summed E-state index contributed by atoms with van der Waals surface area (Å²) in [6.07, 6.45) is 3.92. The van der Waals surface area contributed by atoms with Gasteiger partial charge >= 0.3 is 6.09 Å². The van der Waals surface area contributed by atoms with Crippen LogP contribution in [0, 0.1) is 0 Å². The van der Waals surface area contributed by atoms with Crippen molar-refractivity contribution >= 4 is 20.1 Å². The first-order chi connectivity index (χ1) is 16.7. The van der Waals surface area contributed by atoms with Crippen LogP contribution in [0.15, 0.2) is 47.8 Å². The van der Waals surface area contributed by atoms with Gasteiger partial charge in [-0.15, -0.1) is 0 Å². The second-order valence-corrected chi connectivity index (χ2v) is 15.8. The quantitative estimate of drug-likeness (QED) is 0.353. The molecule has 3 rings (SSSR count). The number of aliphatic imine (C=N–C) groups is 1. The van der Waals surface area contributed by atoms with E-state index in [9.17, 15) is 4.79 Å². The number of likely N-dealkylation sites (tertiary alicyclic amines) is 1. The first-order valence-electron chi connectivity index (χ1n) is 12.8. The lowest BCUT2D eigenvalue weighted by Crippen LogP contribution is -2.56. The van der Waals surface area contributed by atoms with E-state index in [-0.39, 0.29) is 25.0 Å². The Morgan fingerprint density at radius 2 is 1.74 bits per heavy atom. The van der Waals surface area contributed by atoms with Gasteiger partial charge in [0.2, 0.25) is 8.32 Å². The zero-order valence-electron chi connectivity index (χ0n) is 22.1. The normalized spacial score (nSPS) is 20.8.